The van der Waals surface area contributed by atoms with Crippen LogP contribution in [0.2, 0.25) is 0 Å². The van der Waals surface area contributed by atoms with Crippen LogP contribution in [0, 0.1) is 10.5 Å². The Bertz CT molecular complexity index is 1100. The lowest BCUT2D eigenvalue weighted by molar-refractivity contribution is 0.102. The summed E-state index contributed by atoms with van der Waals surface area (Å²) in [4.78, 5) is 17.1. The molecule has 2 aromatic heterocycles. The molecule has 1 amide bonds. The largest absolute Gasteiger partial charge is 0.322 e. The van der Waals surface area contributed by atoms with Crippen molar-refractivity contribution < 1.29 is 4.79 Å². The predicted octanol–water partition coefficient (Wildman–Crippen LogP) is 5.17. The minimum absolute atomic E-state index is 0.111. The number of halogens is 1. The second-order valence-electron chi connectivity index (χ2n) is 6.09. The van der Waals surface area contributed by atoms with Crippen molar-refractivity contribution in [3.05, 3.63) is 87.8 Å². The topological polar surface area (TPSA) is 46.4 Å². The number of pyridine rings is 1. The molecule has 1 N–H and O–H groups in total. The lowest BCUT2D eigenvalue weighted by atomic mass is 10.1. The van der Waals surface area contributed by atoms with Gasteiger partial charge in [0.05, 0.1) is 5.69 Å². The fourth-order valence-electron chi connectivity index (χ4n) is 2.85. The number of nitrogens with zero attached hydrogens (tertiary/aromatic N) is 2. The normalized spacial score (nSPS) is 10.8. The molecule has 0 bridgehead atoms. The molecule has 0 aliphatic carbocycles. The highest BCUT2D eigenvalue weighted by Crippen LogP contribution is 2.22. The molecular weight excluding hydrogens is 437 g/mol. The van der Waals surface area contributed by atoms with Crippen molar-refractivity contribution in [3.8, 4) is 11.3 Å². The van der Waals surface area contributed by atoms with Gasteiger partial charge in [0.15, 0.2) is 0 Å². The molecule has 0 unspecified atom stereocenters. The maximum absolute atomic E-state index is 12.3. The summed E-state index contributed by atoms with van der Waals surface area (Å²) in [5.74, 6) is -0.111. The monoisotopic (exact) mass is 453 g/mol. The summed E-state index contributed by atoms with van der Waals surface area (Å²) in [6, 6.07) is 19.3. The van der Waals surface area contributed by atoms with Gasteiger partial charge in [-0.2, -0.15) is 0 Å². The predicted molar refractivity (Wildman–Crippen MR) is 112 cm³/mol. The van der Waals surface area contributed by atoms with Crippen molar-refractivity contribution in [1.82, 2.24) is 9.38 Å². The lowest BCUT2D eigenvalue weighted by Crippen LogP contribution is -2.11. The standard InChI is InChI=1S/C21H16IN3O/c1-14-4-3-11-25-13-19(24-20(14)25)15-7-9-18(10-8-15)23-21(26)16-5-2-6-17(22)12-16/h2-13H,1H3,(H,23,26). The minimum Gasteiger partial charge on any atom is -0.322 e. The molecule has 2 aromatic carbocycles. The van der Waals surface area contributed by atoms with Crippen molar-refractivity contribution in [2.24, 2.45) is 0 Å². The van der Waals surface area contributed by atoms with Crippen LogP contribution in [0.1, 0.15) is 15.9 Å². The van der Waals surface area contributed by atoms with E-state index in [2.05, 4.69) is 40.9 Å². The third kappa shape index (κ3) is 3.35. The van der Waals surface area contributed by atoms with E-state index < -0.39 is 0 Å². The maximum atomic E-state index is 12.3. The molecule has 5 heteroatoms. The molecule has 4 aromatic rings. The first-order valence-corrected chi connectivity index (χ1v) is 9.30. The first kappa shape index (κ1) is 16.8. The van der Waals surface area contributed by atoms with Gasteiger partial charge < -0.3 is 9.72 Å². The van der Waals surface area contributed by atoms with Crippen LogP contribution in [0.25, 0.3) is 16.9 Å². The summed E-state index contributed by atoms with van der Waals surface area (Å²) < 4.78 is 3.06. The third-order valence-corrected chi connectivity index (χ3v) is 4.87. The molecule has 2 heterocycles. The van der Waals surface area contributed by atoms with E-state index in [-0.39, 0.29) is 5.91 Å². The molecule has 0 fully saturated rings. The second-order valence-corrected chi connectivity index (χ2v) is 7.34. The van der Waals surface area contributed by atoms with Crippen LogP contribution in [0.5, 0.6) is 0 Å². The summed E-state index contributed by atoms with van der Waals surface area (Å²) in [6.45, 7) is 2.05. The summed E-state index contributed by atoms with van der Waals surface area (Å²) in [7, 11) is 0. The zero-order chi connectivity index (χ0) is 18.1. The van der Waals surface area contributed by atoms with Crippen LogP contribution in [-0.4, -0.2) is 15.3 Å². The van der Waals surface area contributed by atoms with Crippen LogP contribution in [0.4, 0.5) is 5.69 Å². The quantitative estimate of drug-likeness (QED) is 0.436. The van der Waals surface area contributed by atoms with E-state index in [0.717, 1.165) is 31.7 Å². The van der Waals surface area contributed by atoms with Gasteiger partial charge in [-0.25, -0.2) is 4.98 Å². The Morgan fingerprint density at radius 2 is 1.88 bits per heavy atom. The summed E-state index contributed by atoms with van der Waals surface area (Å²) >= 11 is 2.20. The zero-order valence-electron chi connectivity index (χ0n) is 14.1. The molecule has 0 saturated heterocycles. The highest BCUT2D eigenvalue weighted by molar-refractivity contribution is 14.1. The van der Waals surface area contributed by atoms with Crippen LogP contribution >= 0.6 is 22.6 Å². The summed E-state index contributed by atoms with van der Waals surface area (Å²) in [5.41, 5.74) is 5.43. The van der Waals surface area contributed by atoms with Crippen molar-refractivity contribution in [1.29, 1.82) is 0 Å². The number of carbonyl (C=O) groups excluding carboxylic acids is 1. The van der Waals surface area contributed by atoms with Crippen LogP contribution in [0.15, 0.2) is 73.1 Å². The average molecular weight is 453 g/mol. The Labute approximate surface area is 165 Å². The minimum atomic E-state index is -0.111. The van der Waals surface area contributed by atoms with Crippen LogP contribution < -0.4 is 5.32 Å². The van der Waals surface area contributed by atoms with Crippen LogP contribution in [-0.2, 0) is 0 Å². The lowest BCUT2D eigenvalue weighted by Gasteiger charge is -2.06. The number of fused-ring (bicyclic) bond motifs is 1. The molecule has 4 rings (SSSR count). The molecule has 0 spiro atoms. The second kappa shape index (κ2) is 6.92. The highest BCUT2D eigenvalue weighted by Gasteiger charge is 2.08. The van der Waals surface area contributed by atoms with Gasteiger partial charge >= 0.3 is 0 Å². The molecule has 0 radical (unpaired) electrons. The molecule has 26 heavy (non-hydrogen) atoms. The van der Waals surface area contributed by atoms with Gasteiger partial charge in [-0.05, 0) is 71.5 Å². The van der Waals surface area contributed by atoms with Gasteiger partial charge in [0.2, 0.25) is 0 Å². The molecule has 0 aliphatic heterocycles. The molecule has 128 valence electrons. The van der Waals surface area contributed by atoms with E-state index in [0.29, 0.717) is 5.56 Å². The Morgan fingerprint density at radius 3 is 2.62 bits per heavy atom. The van der Waals surface area contributed by atoms with E-state index in [1.807, 2.05) is 71.4 Å². The zero-order valence-corrected chi connectivity index (χ0v) is 16.3. The molecule has 0 atom stereocenters. The van der Waals surface area contributed by atoms with Gasteiger partial charge in [0.1, 0.15) is 5.65 Å². The Morgan fingerprint density at radius 1 is 1.08 bits per heavy atom. The fraction of sp³-hybridized carbons (Fsp3) is 0.0476. The first-order valence-electron chi connectivity index (χ1n) is 8.22. The SMILES string of the molecule is Cc1cccn2cc(-c3ccc(NC(=O)c4cccc(I)c4)cc3)nc12. The van der Waals surface area contributed by atoms with Crippen molar-refractivity contribution in [2.45, 2.75) is 6.92 Å². The van der Waals surface area contributed by atoms with Crippen molar-refractivity contribution >= 4 is 39.8 Å². The number of carbonyl (C=O) groups is 1. The smallest absolute Gasteiger partial charge is 0.255 e. The van der Waals surface area contributed by atoms with E-state index in [9.17, 15) is 4.79 Å². The number of imidazole rings is 1. The number of benzene rings is 2. The Balaban J connectivity index is 1.56. The van der Waals surface area contributed by atoms with Gasteiger partial charge in [-0.3, -0.25) is 4.79 Å². The Hall–Kier alpha value is -2.67. The molecule has 0 saturated carbocycles. The van der Waals surface area contributed by atoms with E-state index in [4.69, 9.17) is 4.98 Å². The molecule has 0 aliphatic rings. The van der Waals surface area contributed by atoms with E-state index in [1.54, 1.807) is 0 Å². The van der Waals surface area contributed by atoms with E-state index >= 15 is 0 Å². The van der Waals surface area contributed by atoms with Gasteiger partial charge in [-0.15, -0.1) is 0 Å². The Kier molecular flexibility index (Phi) is 4.46. The van der Waals surface area contributed by atoms with Gasteiger partial charge in [0, 0.05) is 32.8 Å². The van der Waals surface area contributed by atoms with Gasteiger partial charge in [0.25, 0.3) is 5.91 Å². The van der Waals surface area contributed by atoms with Crippen LogP contribution in [0.3, 0.4) is 0 Å². The van der Waals surface area contributed by atoms with E-state index in [1.165, 1.54) is 0 Å². The number of amides is 1. The number of aryl methyl sites for hydroxylation is 1. The first-order chi connectivity index (χ1) is 12.6. The van der Waals surface area contributed by atoms with Crippen molar-refractivity contribution in [3.63, 3.8) is 0 Å². The number of anilines is 1. The van der Waals surface area contributed by atoms with Crippen molar-refractivity contribution in [2.75, 3.05) is 5.32 Å². The van der Waals surface area contributed by atoms with Gasteiger partial charge in [-0.1, -0.05) is 24.3 Å². The number of rotatable bonds is 3. The summed E-state index contributed by atoms with van der Waals surface area (Å²) in [6.07, 6.45) is 4.01. The maximum Gasteiger partial charge on any atom is 0.255 e. The molecular formula is C21H16IN3O. The number of aromatic nitrogens is 2. The summed E-state index contributed by atoms with van der Waals surface area (Å²) in [5, 5.41) is 2.93. The number of hydrogen-bond acceptors (Lipinski definition) is 2. The third-order valence-electron chi connectivity index (χ3n) is 4.20. The molecule has 4 nitrogen and oxygen atoms in total. The number of hydrogen-bond donors (Lipinski definition) is 1. The highest BCUT2D eigenvalue weighted by atomic mass is 127. The fourth-order valence-corrected chi connectivity index (χ4v) is 3.39. The number of nitrogens with one attached hydrogen (secondary N) is 1. The average Bonchev–Trinajstić information content (AvgIpc) is 3.08.